The molecule has 1 aromatic heterocycles. The maximum absolute atomic E-state index is 6.21. The largest absolute Gasteiger partial charge is 0.497 e. The minimum absolute atomic E-state index is 0.660. The Morgan fingerprint density at radius 2 is 2.00 bits per heavy atom. The molecule has 1 heterocycles. The highest BCUT2D eigenvalue weighted by Gasteiger charge is 2.11. The summed E-state index contributed by atoms with van der Waals surface area (Å²) in [5, 5.41) is 8.33. The second-order valence-electron chi connectivity index (χ2n) is 4.76. The molecule has 2 aromatic rings. The topological polar surface area (TPSA) is 48.3 Å². The first kappa shape index (κ1) is 15.7. The molecule has 0 aliphatic carbocycles. The summed E-state index contributed by atoms with van der Waals surface area (Å²) in [7, 11) is 5.13. The number of hydrogen-bond acceptors (Lipinski definition) is 4. The average Bonchev–Trinajstić information content (AvgIpc) is 2.73. The fourth-order valence-electron chi connectivity index (χ4n) is 2.19. The highest BCUT2D eigenvalue weighted by molar-refractivity contribution is 6.30. The first-order valence-electron chi connectivity index (χ1n) is 6.66. The summed E-state index contributed by atoms with van der Waals surface area (Å²) < 4.78 is 12.3. The van der Waals surface area contributed by atoms with Gasteiger partial charge in [-0.1, -0.05) is 17.7 Å². The number of aromatic nitrogens is 2. The first-order chi connectivity index (χ1) is 10.1. The van der Waals surface area contributed by atoms with Gasteiger partial charge in [-0.25, -0.2) is 0 Å². The molecule has 0 radical (unpaired) electrons. The van der Waals surface area contributed by atoms with Gasteiger partial charge in [0.2, 0.25) is 0 Å². The van der Waals surface area contributed by atoms with Gasteiger partial charge in [0.25, 0.3) is 0 Å². The van der Waals surface area contributed by atoms with Gasteiger partial charge in [0, 0.05) is 37.3 Å². The van der Waals surface area contributed by atoms with E-state index < -0.39 is 0 Å². The molecule has 0 atom stereocenters. The lowest BCUT2D eigenvalue weighted by molar-refractivity contribution is 0.390. The number of halogens is 1. The summed E-state index contributed by atoms with van der Waals surface area (Å²) >= 11 is 6.21. The molecule has 2 rings (SSSR count). The smallest absolute Gasteiger partial charge is 0.131 e. The zero-order valence-corrected chi connectivity index (χ0v) is 13.5. The molecule has 6 heteroatoms. The summed E-state index contributed by atoms with van der Waals surface area (Å²) in [6.45, 7) is 3.29. The van der Waals surface area contributed by atoms with E-state index in [2.05, 4.69) is 10.4 Å². The Bertz CT molecular complexity index is 626. The van der Waals surface area contributed by atoms with Crippen LogP contribution >= 0.6 is 11.6 Å². The average molecular weight is 310 g/mol. The fourth-order valence-corrected chi connectivity index (χ4v) is 2.44. The quantitative estimate of drug-likeness (QED) is 0.891. The number of nitrogens with zero attached hydrogens (tertiary/aromatic N) is 2. The van der Waals surface area contributed by atoms with Crippen molar-refractivity contribution in [2.24, 2.45) is 7.05 Å². The van der Waals surface area contributed by atoms with Gasteiger partial charge in [0.1, 0.15) is 16.7 Å². The molecule has 1 aromatic carbocycles. The molecular formula is C15H20ClN3O2. The van der Waals surface area contributed by atoms with Crippen LogP contribution < -0.4 is 14.8 Å². The number of aryl methyl sites for hydroxylation is 2. The molecule has 21 heavy (non-hydrogen) atoms. The zero-order chi connectivity index (χ0) is 15.4. The summed E-state index contributed by atoms with van der Waals surface area (Å²) in [5.74, 6) is 1.58. The second kappa shape index (κ2) is 6.83. The lowest BCUT2D eigenvalue weighted by atomic mass is 10.2. The minimum Gasteiger partial charge on any atom is -0.497 e. The van der Waals surface area contributed by atoms with Crippen molar-refractivity contribution in [3.63, 3.8) is 0 Å². The summed E-state index contributed by atoms with van der Waals surface area (Å²) in [6.07, 6.45) is 0. The van der Waals surface area contributed by atoms with Crippen LogP contribution in [0.15, 0.2) is 18.2 Å². The lowest BCUT2D eigenvalue weighted by Crippen LogP contribution is -2.14. The molecule has 0 spiro atoms. The molecule has 0 saturated carbocycles. The van der Waals surface area contributed by atoms with Crippen molar-refractivity contribution in [3.05, 3.63) is 40.2 Å². The number of benzene rings is 1. The molecule has 0 aliphatic heterocycles. The van der Waals surface area contributed by atoms with Crippen molar-refractivity contribution < 1.29 is 9.47 Å². The monoisotopic (exact) mass is 309 g/mol. The van der Waals surface area contributed by atoms with E-state index >= 15 is 0 Å². The van der Waals surface area contributed by atoms with Crippen molar-refractivity contribution in [3.8, 4) is 11.5 Å². The highest BCUT2D eigenvalue weighted by Crippen LogP contribution is 2.25. The van der Waals surface area contributed by atoms with Gasteiger partial charge < -0.3 is 14.8 Å². The maximum Gasteiger partial charge on any atom is 0.131 e. The normalized spacial score (nSPS) is 10.7. The van der Waals surface area contributed by atoms with Crippen LogP contribution in [0.3, 0.4) is 0 Å². The van der Waals surface area contributed by atoms with Crippen LogP contribution in [0.5, 0.6) is 11.5 Å². The van der Waals surface area contributed by atoms with Crippen LogP contribution in [0.1, 0.15) is 16.8 Å². The van der Waals surface area contributed by atoms with Crippen LogP contribution in [0, 0.1) is 6.92 Å². The first-order valence-corrected chi connectivity index (χ1v) is 7.04. The van der Waals surface area contributed by atoms with Gasteiger partial charge in [-0.3, -0.25) is 4.68 Å². The van der Waals surface area contributed by atoms with E-state index in [4.69, 9.17) is 21.1 Å². The molecule has 1 N–H and O–H groups in total. The van der Waals surface area contributed by atoms with E-state index in [1.165, 1.54) is 0 Å². The van der Waals surface area contributed by atoms with Gasteiger partial charge in [0.15, 0.2) is 0 Å². The Morgan fingerprint density at radius 1 is 1.24 bits per heavy atom. The van der Waals surface area contributed by atoms with Crippen molar-refractivity contribution in [1.82, 2.24) is 15.1 Å². The van der Waals surface area contributed by atoms with Crippen LogP contribution in [0.25, 0.3) is 0 Å². The van der Waals surface area contributed by atoms with Crippen molar-refractivity contribution in [2.45, 2.75) is 20.0 Å². The zero-order valence-electron chi connectivity index (χ0n) is 12.7. The molecule has 114 valence electrons. The van der Waals surface area contributed by atoms with Gasteiger partial charge in [-0.05, 0) is 13.0 Å². The van der Waals surface area contributed by atoms with Gasteiger partial charge >= 0.3 is 0 Å². The third-order valence-electron chi connectivity index (χ3n) is 3.38. The molecule has 0 saturated heterocycles. The molecule has 0 aliphatic rings. The van der Waals surface area contributed by atoms with Crippen LogP contribution in [0.4, 0.5) is 0 Å². The van der Waals surface area contributed by atoms with Crippen LogP contribution in [-0.4, -0.2) is 24.0 Å². The minimum atomic E-state index is 0.660. The fraction of sp³-hybridized carbons (Fsp3) is 0.400. The maximum atomic E-state index is 6.21. The number of rotatable bonds is 6. The third-order valence-corrected chi connectivity index (χ3v) is 3.85. The van der Waals surface area contributed by atoms with Crippen molar-refractivity contribution in [2.75, 3.05) is 14.2 Å². The number of nitrogens with one attached hydrogen (secondary N) is 1. The molecule has 0 amide bonds. The Morgan fingerprint density at radius 3 is 2.57 bits per heavy atom. The summed E-state index contributed by atoms with van der Waals surface area (Å²) in [4.78, 5) is 0. The van der Waals surface area contributed by atoms with Crippen molar-refractivity contribution >= 4 is 11.6 Å². The van der Waals surface area contributed by atoms with E-state index in [0.29, 0.717) is 18.2 Å². The third kappa shape index (κ3) is 3.49. The Kier molecular flexibility index (Phi) is 5.09. The standard InChI is InChI=1S/C15H20ClN3O2/c1-10-13(15(16)19(2)18-10)9-17-8-11-5-6-12(20-3)7-14(11)21-4/h5-7,17H,8-9H2,1-4H3. The number of hydrogen-bond donors (Lipinski definition) is 1. The van der Waals surface area contributed by atoms with E-state index in [1.54, 1.807) is 18.9 Å². The van der Waals surface area contributed by atoms with Gasteiger partial charge in [-0.2, -0.15) is 5.10 Å². The van der Waals surface area contributed by atoms with E-state index in [0.717, 1.165) is 28.3 Å². The van der Waals surface area contributed by atoms with Gasteiger partial charge in [-0.15, -0.1) is 0 Å². The molecule has 0 fully saturated rings. The van der Waals surface area contributed by atoms with Gasteiger partial charge in [0.05, 0.1) is 19.9 Å². The summed E-state index contributed by atoms with van der Waals surface area (Å²) in [5.41, 5.74) is 3.03. The number of methoxy groups -OCH3 is 2. The SMILES string of the molecule is COc1ccc(CNCc2c(C)nn(C)c2Cl)c(OC)c1. The Hall–Kier alpha value is -1.72. The van der Waals surface area contributed by atoms with E-state index in [-0.39, 0.29) is 0 Å². The molecule has 5 nitrogen and oxygen atoms in total. The van der Waals surface area contributed by atoms with Crippen LogP contribution in [-0.2, 0) is 20.1 Å². The Labute approximate surface area is 129 Å². The summed E-state index contributed by atoms with van der Waals surface area (Å²) in [6, 6.07) is 5.78. The Balaban J connectivity index is 2.03. The predicted molar refractivity (Wildman–Crippen MR) is 83.0 cm³/mol. The van der Waals surface area contributed by atoms with Crippen LogP contribution in [0.2, 0.25) is 5.15 Å². The van der Waals surface area contributed by atoms with Crippen molar-refractivity contribution in [1.29, 1.82) is 0 Å². The molecule has 0 unspecified atom stereocenters. The predicted octanol–water partition coefficient (Wildman–Crippen LogP) is 2.69. The second-order valence-corrected chi connectivity index (χ2v) is 5.12. The van der Waals surface area contributed by atoms with E-state index in [1.807, 2.05) is 32.2 Å². The highest BCUT2D eigenvalue weighted by atomic mass is 35.5. The molecular weight excluding hydrogens is 290 g/mol. The van der Waals surface area contributed by atoms with E-state index in [9.17, 15) is 0 Å². The molecule has 0 bridgehead atoms. The number of ether oxygens (including phenoxy) is 2. The lowest BCUT2D eigenvalue weighted by Gasteiger charge is -2.11.